The highest BCUT2D eigenvalue weighted by Gasteiger charge is 2.20. The minimum atomic E-state index is 0.535. The number of hydrogen-bond donors (Lipinski definition) is 0. The molecule has 0 unspecified atom stereocenters. The lowest BCUT2D eigenvalue weighted by Gasteiger charge is -2.29. The molecule has 0 radical (unpaired) electrons. The second-order valence-corrected chi connectivity index (χ2v) is 4.40. The van der Waals surface area contributed by atoms with Gasteiger partial charge in [-0.3, -0.25) is 0 Å². The summed E-state index contributed by atoms with van der Waals surface area (Å²) in [5.41, 5.74) is 1.39. The molecule has 1 heterocycles. The Morgan fingerprint density at radius 3 is 2.71 bits per heavy atom. The van der Waals surface area contributed by atoms with E-state index in [9.17, 15) is 0 Å². The fourth-order valence-corrected chi connectivity index (χ4v) is 2.34. The largest absolute Gasteiger partial charge is 0.217 e. The molecule has 76 valence electrons. The van der Waals surface area contributed by atoms with Crippen molar-refractivity contribution >= 4 is 11.8 Å². The summed E-state index contributed by atoms with van der Waals surface area (Å²) in [6.45, 7) is 1.04. The van der Waals surface area contributed by atoms with E-state index in [4.69, 9.17) is 11.8 Å². The topological polar surface area (TPSA) is 3.24 Å². The predicted octanol–water partition coefficient (Wildman–Crippen LogP) is 3.24. The van der Waals surface area contributed by atoms with Gasteiger partial charge >= 0.3 is 0 Å². The Morgan fingerprint density at radius 1 is 1.21 bits per heavy atom. The summed E-state index contributed by atoms with van der Waals surface area (Å²) in [6.07, 6.45) is 4.89. The molecule has 2 rings (SSSR count). The molecule has 1 fully saturated rings. The molecule has 14 heavy (non-hydrogen) atoms. The van der Waals surface area contributed by atoms with Crippen LogP contribution in [0.15, 0.2) is 30.3 Å². The maximum Gasteiger partial charge on any atom is 0.0292 e. The van der Waals surface area contributed by atoms with E-state index in [2.05, 4.69) is 30.3 Å². The molecule has 0 amide bonds. The monoisotopic (exact) mass is 209 g/mol. The Labute approximate surface area is 90.8 Å². The molecule has 0 aliphatic carbocycles. The lowest BCUT2D eigenvalue weighted by molar-refractivity contribution is 0.262. The lowest BCUT2D eigenvalue weighted by atomic mass is 9.98. The van der Waals surface area contributed by atoms with Crippen molar-refractivity contribution in [1.82, 2.24) is 4.42 Å². The normalized spacial score (nSPS) is 23.6. The summed E-state index contributed by atoms with van der Waals surface area (Å²) in [5, 5.41) is 0. The molecule has 1 aromatic rings. The van der Waals surface area contributed by atoms with Crippen LogP contribution < -0.4 is 0 Å². The summed E-state index contributed by atoms with van der Waals surface area (Å²) in [4.78, 5) is 0. The van der Waals surface area contributed by atoms with Crippen LogP contribution in [0.5, 0.6) is 0 Å². The molecule has 0 bridgehead atoms. The third-order valence-corrected chi connectivity index (χ3v) is 3.31. The Morgan fingerprint density at radius 2 is 2.00 bits per heavy atom. The molecular formula is C12H16ClN. The van der Waals surface area contributed by atoms with E-state index < -0.39 is 0 Å². The van der Waals surface area contributed by atoms with Crippen LogP contribution in [0.1, 0.15) is 24.8 Å². The zero-order valence-corrected chi connectivity index (χ0v) is 9.08. The van der Waals surface area contributed by atoms with Crippen LogP contribution in [-0.2, 0) is 6.42 Å². The van der Waals surface area contributed by atoms with E-state index in [1.807, 2.05) is 4.42 Å². The van der Waals surface area contributed by atoms with E-state index >= 15 is 0 Å². The quantitative estimate of drug-likeness (QED) is 0.676. The summed E-state index contributed by atoms with van der Waals surface area (Å²) in [7, 11) is 0. The van der Waals surface area contributed by atoms with Crippen LogP contribution in [0.2, 0.25) is 0 Å². The molecule has 1 nitrogen and oxygen atoms in total. The van der Waals surface area contributed by atoms with Gasteiger partial charge in [0, 0.05) is 12.6 Å². The van der Waals surface area contributed by atoms with Gasteiger partial charge in [-0.15, -0.1) is 0 Å². The van der Waals surface area contributed by atoms with E-state index in [1.165, 1.54) is 24.8 Å². The molecule has 1 aliphatic rings. The number of piperidine rings is 1. The highest BCUT2D eigenvalue weighted by Crippen LogP contribution is 2.21. The first-order valence-electron chi connectivity index (χ1n) is 5.32. The van der Waals surface area contributed by atoms with Crippen LogP contribution in [0.25, 0.3) is 0 Å². The average Bonchev–Trinajstić information content (AvgIpc) is 2.23. The van der Waals surface area contributed by atoms with Crippen molar-refractivity contribution in [1.29, 1.82) is 0 Å². The molecule has 0 saturated carbocycles. The number of nitrogens with zero attached hydrogens (tertiary/aromatic N) is 1. The van der Waals surface area contributed by atoms with E-state index in [1.54, 1.807) is 0 Å². The molecule has 2 heteroatoms. The minimum Gasteiger partial charge on any atom is -0.217 e. The van der Waals surface area contributed by atoms with Crippen LogP contribution >= 0.6 is 11.8 Å². The van der Waals surface area contributed by atoms with Crippen molar-refractivity contribution < 1.29 is 0 Å². The zero-order valence-electron chi connectivity index (χ0n) is 8.32. The first-order chi connectivity index (χ1) is 6.86. The molecule has 1 saturated heterocycles. The van der Waals surface area contributed by atoms with Crippen LogP contribution in [0.3, 0.4) is 0 Å². The third kappa shape index (κ3) is 2.49. The number of hydrogen-bond acceptors (Lipinski definition) is 1. The standard InChI is InChI=1S/C12H16ClN/c13-14-9-5-4-8-12(14)10-11-6-2-1-3-7-11/h1-3,6-7,12H,4-5,8-10H2/t12-/m1/s1. The van der Waals surface area contributed by atoms with Gasteiger partial charge in [-0.05, 0) is 36.6 Å². The second-order valence-electron chi connectivity index (χ2n) is 3.96. The van der Waals surface area contributed by atoms with Gasteiger partial charge in [-0.2, -0.15) is 0 Å². The maximum atomic E-state index is 6.17. The van der Waals surface area contributed by atoms with Gasteiger partial charge in [0.05, 0.1) is 0 Å². The second kappa shape index (κ2) is 4.81. The van der Waals surface area contributed by atoms with Crippen molar-refractivity contribution in [2.45, 2.75) is 31.7 Å². The first-order valence-corrected chi connectivity index (χ1v) is 5.66. The summed E-state index contributed by atoms with van der Waals surface area (Å²) < 4.78 is 1.98. The average molecular weight is 210 g/mol. The van der Waals surface area contributed by atoms with Crippen LogP contribution in [-0.4, -0.2) is 17.0 Å². The summed E-state index contributed by atoms with van der Waals surface area (Å²) in [6, 6.07) is 11.1. The summed E-state index contributed by atoms with van der Waals surface area (Å²) >= 11 is 6.17. The van der Waals surface area contributed by atoms with E-state index in [-0.39, 0.29) is 0 Å². The maximum absolute atomic E-state index is 6.17. The van der Waals surface area contributed by atoms with Gasteiger partial charge in [-0.25, -0.2) is 4.42 Å². The summed E-state index contributed by atoms with van der Waals surface area (Å²) in [5.74, 6) is 0. The number of rotatable bonds is 2. The Bertz CT molecular complexity index is 273. The molecular weight excluding hydrogens is 194 g/mol. The van der Waals surface area contributed by atoms with Gasteiger partial charge in [0.2, 0.25) is 0 Å². The Balaban J connectivity index is 1.96. The first kappa shape index (κ1) is 10.0. The predicted molar refractivity (Wildman–Crippen MR) is 60.3 cm³/mol. The van der Waals surface area contributed by atoms with Crippen LogP contribution in [0, 0.1) is 0 Å². The van der Waals surface area contributed by atoms with Gasteiger partial charge in [0.15, 0.2) is 0 Å². The van der Waals surface area contributed by atoms with Gasteiger partial charge in [-0.1, -0.05) is 36.8 Å². The molecule has 1 atom stereocenters. The fraction of sp³-hybridized carbons (Fsp3) is 0.500. The Kier molecular flexibility index (Phi) is 3.44. The minimum absolute atomic E-state index is 0.535. The third-order valence-electron chi connectivity index (χ3n) is 2.87. The van der Waals surface area contributed by atoms with Crippen molar-refractivity contribution in [2.24, 2.45) is 0 Å². The fourth-order valence-electron chi connectivity index (χ4n) is 2.05. The smallest absolute Gasteiger partial charge is 0.0292 e. The highest BCUT2D eigenvalue weighted by molar-refractivity contribution is 6.13. The molecule has 0 N–H and O–H groups in total. The molecule has 0 aromatic heterocycles. The van der Waals surface area contributed by atoms with E-state index in [0.717, 1.165) is 13.0 Å². The lowest BCUT2D eigenvalue weighted by Crippen LogP contribution is -2.33. The SMILES string of the molecule is ClN1CCCC[C@@H]1Cc1ccccc1. The van der Waals surface area contributed by atoms with Crippen molar-refractivity contribution in [3.63, 3.8) is 0 Å². The molecule has 1 aliphatic heterocycles. The molecule has 0 spiro atoms. The van der Waals surface area contributed by atoms with Crippen molar-refractivity contribution in [3.05, 3.63) is 35.9 Å². The van der Waals surface area contributed by atoms with Crippen molar-refractivity contribution in [2.75, 3.05) is 6.54 Å². The van der Waals surface area contributed by atoms with Gasteiger partial charge in [0.25, 0.3) is 0 Å². The Hall–Kier alpha value is -0.530. The number of benzene rings is 1. The van der Waals surface area contributed by atoms with Crippen molar-refractivity contribution in [3.8, 4) is 0 Å². The van der Waals surface area contributed by atoms with Gasteiger partial charge < -0.3 is 0 Å². The number of halogens is 1. The van der Waals surface area contributed by atoms with E-state index in [0.29, 0.717) is 6.04 Å². The zero-order chi connectivity index (χ0) is 9.80. The van der Waals surface area contributed by atoms with Crippen LogP contribution in [0.4, 0.5) is 0 Å². The molecule has 1 aromatic carbocycles. The van der Waals surface area contributed by atoms with Gasteiger partial charge in [0.1, 0.15) is 0 Å². The highest BCUT2D eigenvalue weighted by atomic mass is 35.5.